The maximum absolute atomic E-state index is 12.2. The summed E-state index contributed by atoms with van der Waals surface area (Å²) < 4.78 is 2.55. The molecular weight excluding hydrogens is 367 g/mol. The van der Waals surface area contributed by atoms with Crippen LogP contribution in [0.4, 0.5) is 0 Å². The van der Waals surface area contributed by atoms with Gasteiger partial charge in [-0.05, 0) is 25.0 Å². The molecule has 24 heavy (non-hydrogen) atoms. The Hall–Kier alpha value is -1.47. The van der Waals surface area contributed by atoms with Gasteiger partial charge in [-0.2, -0.15) is 5.10 Å². The number of likely N-dealkylation sites (tertiary alicyclic amines) is 1. The summed E-state index contributed by atoms with van der Waals surface area (Å²) in [5.41, 5.74) is 0.660. The van der Waals surface area contributed by atoms with E-state index >= 15 is 0 Å². The Morgan fingerprint density at radius 3 is 2.96 bits per heavy atom. The average Bonchev–Trinajstić information content (AvgIpc) is 3.21. The molecule has 5 nitrogen and oxygen atoms in total. The molecule has 1 saturated heterocycles. The first-order valence-corrected chi connectivity index (χ1v) is 9.21. The van der Waals surface area contributed by atoms with Crippen LogP contribution in [0.15, 0.2) is 35.3 Å². The smallest absolute Gasteiger partial charge is 0.275 e. The van der Waals surface area contributed by atoms with Crippen LogP contribution in [-0.2, 0) is 6.67 Å². The van der Waals surface area contributed by atoms with Crippen LogP contribution in [0.2, 0.25) is 10.0 Å². The largest absolute Gasteiger partial charge is 0.288 e. The molecule has 0 unspecified atom stereocenters. The molecule has 1 aromatic carbocycles. The normalized spacial score (nSPS) is 18.5. The minimum Gasteiger partial charge on any atom is -0.275 e. The van der Waals surface area contributed by atoms with E-state index in [1.54, 1.807) is 11.3 Å². The van der Waals surface area contributed by atoms with E-state index in [0.29, 0.717) is 6.67 Å². The average molecular weight is 381 g/mol. The zero-order valence-corrected chi connectivity index (χ0v) is 15.0. The van der Waals surface area contributed by atoms with Crippen molar-refractivity contribution in [2.24, 2.45) is 0 Å². The zero-order chi connectivity index (χ0) is 16.7. The number of para-hydroxylation sites is 1. The molecule has 0 saturated carbocycles. The van der Waals surface area contributed by atoms with Crippen LogP contribution in [0.25, 0.3) is 10.2 Å². The minimum absolute atomic E-state index is 0.0161. The summed E-state index contributed by atoms with van der Waals surface area (Å²) in [6, 6.07) is 8.33. The Morgan fingerprint density at radius 1 is 1.29 bits per heavy atom. The van der Waals surface area contributed by atoms with Crippen molar-refractivity contribution in [3.05, 3.63) is 55.9 Å². The quantitative estimate of drug-likeness (QED) is 0.689. The Labute approximate surface area is 152 Å². The van der Waals surface area contributed by atoms with Gasteiger partial charge in [0.2, 0.25) is 0 Å². The second kappa shape index (κ2) is 6.44. The highest BCUT2D eigenvalue weighted by Gasteiger charge is 2.29. The van der Waals surface area contributed by atoms with E-state index in [-0.39, 0.29) is 21.6 Å². The number of fused-ring (bicyclic) bond motifs is 1. The van der Waals surface area contributed by atoms with Crippen LogP contribution in [0.1, 0.15) is 23.9 Å². The number of halogens is 2. The summed E-state index contributed by atoms with van der Waals surface area (Å²) in [6.07, 6.45) is 3.50. The van der Waals surface area contributed by atoms with Gasteiger partial charge in [-0.1, -0.05) is 35.3 Å². The van der Waals surface area contributed by atoms with Gasteiger partial charge in [0.15, 0.2) is 0 Å². The van der Waals surface area contributed by atoms with Crippen LogP contribution in [0, 0.1) is 0 Å². The molecule has 3 heterocycles. The Morgan fingerprint density at radius 2 is 2.12 bits per heavy atom. The lowest BCUT2D eigenvalue weighted by Gasteiger charge is -2.22. The predicted molar refractivity (Wildman–Crippen MR) is 96.8 cm³/mol. The summed E-state index contributed by atoms with van der Waals surface area (Å²) in [7, 11) is 0. The molecule has 1 atom stereocenters. The lowest BCUT2D eigenvalue weighted by Crippen LogP contribution is -2.33. The molecule has 0 amide bonds. The number of hydrogen-bond donors (Lipinski definition) is 0. The van der Waals surface area contributed by atoms with Gasteiger partial charge in [0.1, 0.15) is 10.0 Å². The van der Waals surface area contributed by atoms with Gasteiger partial charge in [0.05, 0.1) is 34.1 Å². The molecule has 2 aromatic heterocycles. The molecule has 0 bridgehead atoms. The van der Waals surface area contributed by atoms with Crippen LogP contribution in [0.5, 0.6) is 0 Å². The first-order valence-electron chi connectivity index (χ1n) is 7.64. The van der Waals surface area contributed by atoms with Crippen molar-refractivity contribution in [3.8, 4) is 0 Å². The van der Waals surface area contributed by atoms with E-state index in [0.717, 1.165) is 29.9 Å². The Kier molecular flexibility index (Phi) is 4.30. The number of rotatable bonds is 3. The fourth-order valence-corrected chi connectivity index (χ4v) is 4.43. The van der Waals surface area contributed by atoms with Crippen LogP contribution >= 0.6 is 34.5 Å². The van der Waals surface area contributed by atoms with Gasteiger partial charge >= 0.3 is 0 Å². The molecule has 0 spiro atoms. The predicted octanol–water partition coefficient (Wildman–Crippen LogP) is 3.95. The molecule has 1 aliphatic heterocycles. The van der Waals surface area contributed by atoms with E-state index in [1.165, 1.54) is 15.6 Å². The second-order valence-corrected chi connectivity index (χ2v) is 7.59. The van der Waals surface area contributed by atoms with E-state index in [1.807, 2.05) is 18.2 Å². The van der Waals surface area contributed by atoms with Gasteiger partial charge in [0.25, 0.3) is 5.56 Å². The fourth-order valence-electron chi connectivity index (χ4n) is 3.03. The van der Waals surface area contributed by atoms with Crippen molar-refractivity contribution in [3.63, 3.8) is 0 Å². The van der Waals surface area contributed by atoms with E-state index < -0.39 is 0 Å². The summed E-state index contributed by atoms with van der Waals surface area (Å²) in [4.78, 5) is 19.2. The standard InChI is InChI=1S/C16H14Cl2N4OS/c17-10-8-19-22(16(23)14(10)18)9-21-7-3-5-12(21)15-20-11-4-1-2-6-13(11)24-15/h1-2,4,6,8,12H,3,5,7,9H2/t12-/m0/s1. The number of aromatic nitrogens is 3. The maximum atomic E-state index is 12.2. The lowest BCUT2D eigenvalue weighted by molar-refractivity contribution is 0.187. The minimum atomic E-state index is -0.362. The summed E-state index contributed by atoms with van der Waals surface area (Å²) in [5, 5.41) is 5.39. The first-order chi connectivity index (χ1) is 11.6. The molecule has 1 aliphatic rings. The van der Waals surface area contributed by atoms with Gasteiger partial charge in [-0.15, -0.1) is 11.3 Å². The van der Waals surface area contributed by atoms with Crippen LogP contribution in [-0.4, -0.2) is 26.2 Å². The highest BCUT2D eigenvalue weighted by molar-refractivity contribution is 7.18. The molecule has 8 heteroatoms. The molecule has 124 valence electrons. The number of benzene rings is 1. The number of thiazole rings is 1. The zero-order valence-electron chi connectivity index (χ0n) is 12.7. The monoisotopic (exact) mass is 380 g/mol. The Balaban J connectivity index is 1.63. The van der Waals surface area contributed by atoms with Crippen molar-refractivity contribution in [2.45, 2.75) is 25.6 Å². The van der Waals surface area contributed by atoms with Crippen molar-refractivity contribution in [1.29, 1.82) is 0 Å². The van der Waals surface area contributed by atoms with Gasteiger partial charge < -0.3 is 0 Å². The number of hydrogen-bond acceptors (Lipinski definition) is 5. The van der Waals surface area contributed by atoms with Crippen molar-refractivity contribution in [1.82, 2.24) is 19.7 Å². The molecule has 0 radical (unpaired) electrons. The number of nitrogens with zero attached hydrogens (tertiary/aromatic N) is 4. The summed E-state index contributed by atoms with van der Waals surface area (Å²) >= 11 is 13.5. The third-order valence-electron chi connectivity index (χ3n) is 4.22. The highest BCUT2D eigenvalue weighted by atomic mass is 35.5. The maximum Gasteiger partial charge on any atom is 0.288 e. The highest BCUT2D eigenvalue weighted by Crippen LogP contribution is 2.36. The molecular formula is C16H14Cl2N4OS. The molecule has 0 N–H and O–H groups in total. The van der Waals surface area contributed by atoms with Gasteiger partial charge in [0, 0.05) is 6.54 Å². The van der Waals surface area contributed by atoms with Crippen LogP contribution < -0.4 is 5.56 Å². The van der Waals surface area contributed by atoms with Crippen molar-refractivity contribution < 1.29 is 0 Å². The second-order valence-electron chi connectivity index (χ2n) is 5.74. The summed E-state index contributed by atoms with van der Waals surface area (Å²) in [5.74, 6) is 0. The Bertz CT molecular complexity index is 922. The fraction of sp³-hybridized carbons (Fsp3) is 0.312. The van der Waals surface area contributed by atoms with Crippen molar-refractivity contribution in [2.75, 3.05) is 6.54 Å². The van der Waals surface area contributed by atoms with E-state index in [9.17, 15) is 4.79 Å². The SMILES string of the molecule is O=c1c(Cl)c(Cl)cnn1CN1CCC[C@H]1c1nc2ccccc2s1. The molecule has 0 aliphatic carbocycles. The van der Waals surface area contributed by atoms with E-state index in [2.05, 4.69) is 16.1 Å². The van der Waals surface area contributed by atoms with Crippen molar-refractivity contribution >= 4 is 44.8 Å². The van der Waals surface area contributed by atoms with Gasteiger partial charge in [-0.3, -0.25) is 9.69 Å². The lowest BCUT2D eigenvalue weighted by atomic mass is 10.2. The summed E-state index contributed by atoms with van der Waals surface area (Å²) in [6.45, 7) is 1.28. The topological polar surface area (TPSA) is 51.0 Å². The van der Waals surface area contributed by atoms with E-state index in [4.69, 9.17) is 28.2 Å². The third kappa shape index (κ3) is 2.84. The molecule has 3 aromatic rings. The first kappa shape index (κ1) is 16.0. The van der Waals surface area contributed by atoms with Crippen LogP contribution in [0.3, 0.4) is 0 Å². The molecule has 4 rings (SSSR count). The third-order valence-corrected chi connectivity index (χ3v) is 6.10. The van der Waals surface area contributed by atoms with Gasteiger partial charge in [-0.25, -0.2) is 9.67 Å². The molecule has 1 fully saturated rings.